The van der Waals surface area contributed by atoms with Gasteiger partial charge in [-0.1, -0.05) is 17.7 Å². The average molecular weight is 422 g/mol. The first-order valence-electron chi connectivity index (χ1n) is 10.3. The Labute approximate surface area is 179 Å². The van der Waals surface area contributed by atoms with E-state index in [1.54, 1.807) is 16.7 Å². The third kappa shape index (κ3) is 8.66. The number of hydrogen-bond donors (Lipinski definition) is 1. The SMILES string of the molecule is Cc1ccc(C)c(SCC(=O)NCCCN2CCN(C(=O)OC(C)(C)C)CC2)c1. The van der Waals surface area contributed by atoms with Crippen molar-refractivity contribution in [2.24, 2.45) is 0 Å². The Morgan fingerprint density at radius 1 is 1.14 bits per heavy atom. The summed E-state index contributed by atoms with van der Waals surface area (Å²) < 4.78 is 5.43. The van der Waals surface area contributed by atoms with Crippen molar-refractivity contribution in [2.45, 2.75) is 51.5 Å². The number of thioether (sulfide) groups is 1. The van der Waals surface area contributed by atoms with Gasteiger partial charge in [-0.2, -0.15) is 0 Å². The summed E-state index contributed by atoms with van der Waals surface area (Å²) >= 11 is 1.59. The van der Waals surface area contributed by atoms with Gasteiger partial charge in [0.1, 0.15) is 5.60 Å². The lowest BCUT2D eigenvalue weighted by Crippen LogP contribution is -2.50. The summed E-state index contributed by atoms with van der Waals surface area (Å²) in [5.74, 6) is 0.518. The van der Waals surface area contributed by atoms with Crippen LogP contribution in [0, 0.1) is 13.8 Å². The van der Waals surface area contributed by atoms with Crippen LogP contribution in [-0.4, -0.2) is 72.4 Å². The maximum atomic E-state index is 12.1. The van der Waals surface area contributed by atoms with Gasteiger partial charge >= 0.3 is 6.09 Å². The molecule has 7 heteroatoms. The number of piperazine rings is 1. The van der Waals surface area contributed by atoms with E-state index in [4.69, 9.17) is 4.74 Å². The summed E-state index contributed by atoms with van der Waals surface area (Å²) in [6.07, 6.45) is 0.678. The molecule has 0 aliphatic carbocycles. The van der Waals surface area contributed by atoms with Crippen molar-refractivity contribution in [1.82, 2.24) is 15.1 Å². The molecule has 0 aromatic heterocycles. The molecule has 1 heterocycles. The lowest BCUT2D eigenvalue weighted by molar-refractivity contribution is -0.118. The number of hydrogen-bond acceptors (Lipinski definition) is 5. The largest absolute Gasteiger partial charge is 0.444 e. The van der Waals surface area contributed by atoms with E-state index in [1.807, 2.05) is 20.8 Å². The van der Waals surface area contributed by atoms with E-state index in [0.29, 0.717) is 25.4 Å². The molecule has 6 nitrogen and oxygen atoms in total. The molecule has 29 heavy (non-hydrogen) atoms. The molecule has 162 valence electrons. The van der Waals surface area contributed by atoms with Crippen LogP contribution in [0.4, 0.5) is 4.79 Å². The van der Waals surface area contributed by atoms with Gasteiger partial charge < -0.3 is 15.0 Å². The highest BCUT2D eigenvalue weighted by molar-refractivity contribution is 8.00. The van der Waals surface area contributed by atoms with E-state index in [2.05, 4.69) is 42.3 Å². The van der Waals surface area contributed by atoms with Crippen molar-refractivity contribution in [1.29, 1.82) is 0 Å². The summed E-state index contributed by atoms with van der Waals surface area (Å²) in [7, 11) is 0. The van der Waals surface area contributed by atoms with Gasteiger partial charge in [0.25, 0.3) is 0 Å². The van der Waals surface area contributed by atoms with Crippen molar-refractivity contribution < 1.29 is 14.3 Å². The molecule has 0 spiro atoms. The number of benzene rings is 1. The van der Waals surface area contributed by atoms with Gasteiger partial charge in [0.05, 0.1) is 5.75 Å². The van der Waals surface area contributed by atoms with Gasteiger partial charge in [-0.15, -0.1) is 11.8 Å². The van der Waals surface area contributed by atoms with E-state index in [9.17, 15) is 9.59 Å². The number of amides is 2. The van der Waals surface area contributed by atoms with Crippen molar-refractivity contribution in [2.75, 3.05) is 45.0 Å². The summed E-state index contributed by atoms with van der Waals surface area (Å²) in [6.45, 7) is 14.5. The minimum Gasteiger partial charge on any atom is -0.444 e. The van der Waals surface area contributed by atoms with Crippen LogP contribution in [0.1, 0.15) is 38.3 Å². The molecule has 0 radical (unpaired) electrons. The molecule has 0 bridgehead atoms. The molecule has 1 aromatic rings. The second kappa shape index (κ2) is 10.9. The second-order valence-electron chi connectivity index (χ2n) is 8.57. The normalized spacial score (nSPS) is 15.3. The Morgan fingerprint density at radius 3 is 2.48 bits per heavy atom. The quantitative estimate of drug-likeness (QED) is 0.540. The van der Waals surface area contributed by atoms with Crippen molar-refractivity contribution in [3.8, 4) is 0 Å². The van der Waals surface area contributed by atoms with Gasteiger partial charge in [0.2, 0.25) is 5.91 Å². The standard InChI is InChI=1S/C22H35N3O3S/c1-17-7-8-18(2)19(15-17)29-16-20(26)23-9-6-10-24-11-13-25(14-12-24)21(27)28-22(3,4)5/h7-8,15H,6,9-14,16H2,1-5H3,(H,23,26). The van der Waals surface area contributed by atoms with E-state index in [1.165, 1.54) is 16.0 Å². The zero-order chi connectivity index (χ0) is 21.4. The predicted molar refractivity (Wildman–Crippen MR) is 119 cm³/mol. The minimum absolute atomic E-state index is 0.0747. The zero-order valence-corrected chi connectivity index (χ0v) is 19.2. The maximum Gasteiger partial charge on any atom is 0.410 e. The molecule has 1 aliphatic rings. The Bertz CT molecular complexity index is 695. The highest BCUT2D eigenvalue weighted by Gasteiger charge is 2.25. The van der Waals surface area contributed by atoms with Crippen LogP contribution in [0.25, 0.3) is 0 Å². The molecular weight excluding hydrogens is 386 g/mol. The van der Waals surface area contributed by atoms with Crippen LogP contribution in [0.5, 0.6) is 0 Å². The van der Waals surface area contributed by atoms with Gasteiger partial charge in [0.15, 0.2) is 0 Å². The summed E-state index contributed by atoms with van der Waals surface area (Å²) in [6, 6.07) is 6.31. The Hall–Kier alpha value is -1.73. The molecule has 1 saturated heterocycles. The lowest BCUT2D eigenvalue weighted by atomic mass is 10.2. The van der Waals surface area contributed by atoms with E-state index < -0.39 is 5.60 Å². The number of aryl methyl sites for hydroxylation is 2. The third-order valence-corrected chi connectivity index (χ3v) is 5.86. The summed E-state index contributed by atoms with van der Waals surface area (Å²) in [5.41, 5.74) is 1.96. The van der Waals surface area contributed by atoms with Gasteiger partial charge in [-0.3, -0.25) is 9.69 Å². The van der Waals surface area contributed by atoms with Crippen LogP contribution in [0.3, 0.4) is 0 Å². The van der Waals surface area contributed by atoms with Crippen molar-refractivity contribution >= 4 is 23.8 Å². The Balaban J connectivity index is 1.58. The number of carbonyl (C=O) groups is 2. The topological polar surface area (TPSA) is 61.9 Å². The molecule has 2 rings (SSSR count). The number of rotatable bonds is 7. The molecule has 2 amide bonds. The molecular formula is C22H35N3O3S. The fourth-order valence-corrected chi connectivity index (χ4v) is 4.02. The first kappa shape index (κ1) is 23.5. The van der Waals surface area contributed by atoms with Crippen LogP contribution < -0.4 is 5.32 Å². The van der Waals surface area contributed by atoms with E-state index >= 15 is 0 Å². The third-order valence-electron chi connectivity index (χ3n) is 4.70. The monoisotopic (exact) mass is 421 g/mol. The van der Waals surface area contributed by atoms with Gasteiger partial charge in [0, 0.05) is 37.6 Å². The van der Waals surface area contributed by atoms with Crippen LogP contribution >= 0.6 is 11.8 Å². The molecule has 0 atom stereocenters. The number of carbonyl (C=O) groups excluding carboxylic acids is 2. The molecule has 1 N–H and O–H groups in total. The van der Waals surface area contributed by atoms with E-state index in [0.717, 1.165) is 26.1 Å². The highest BCUT2D eigenvalue weighted by atomic mass is 32.2. The fourth-order valence-electron chi connectivity index (χ4n) is 3.07. The first-order chi connectivity index (χ1) is 13.6. The Morgan fingerprint density at radius 2 is 1.83 bits per heavy atom. The van der Waals surface area contributed by atoms with Gasteiger partial charge in [-0.05, 0) is 59.2 Å². The zero-order valence-electron chi connectivity index (χ0n) is 18.4. The molecule has 1 fully saturated rings. The molecule has 1 aliphatic heterocycles. The predicted octanol–water partition coefficient (Wildman–Crippen LogP) is 3.45. The average Bonchev–Trinajstić information content (AvgIpc) is 2.65. The lowest BCUT2D eigenvalue weighted by Gasteiger charge is -2.35. The van der Waals surface area contributed by atoms with Crippen LogP contribution in [0.2, 0.25) is 0 Å². The highest BCUT2D eigenvalue weighted by Crippen LogP contribution is 2.23. The van der Waals surface area contributed by atoms with Crippen molar-refractivity contribution in [3.63, 3.8) is 0 Å². The van der Waals surface area contributed by atoms with Gasteiger partial charge in [-0.25, -0.2) is 4.79 Å². The molecule has 1 aromatic carbocycles. The Kier molecular flexibility index (Phi) is 8.83. The van der Waals surface area contributed by atoms with Crippen LogP contribution in [-0.2, 0) is 9.53 Å². The summed E-state index contributed by atoms with van der Waals surface area (Å²) in [4.78, 5) is 29.5. The fraction of sp³-hybridized carbons (Fsp3) is 0.636. The summed E-state index contributed by atoms with van der Waals surface area (Å²) in [5, 5.41) is 3.01. The molecule has 0 saturated carbocycles. The van der Waals surface area contributed by atoms with E-state index in [-0.39, 0.29) is 12.0 Å². The first-order valence-corrected chi connectivity index (χ1v) is 11.3. The second-order valence-corrected chi connectivity index (χ2v) is 9.59. The minimum atomic E-state index is -0.456. The number of nitrogens with one attached hydrogen (secondary N) is 1. The maximum absolute atomic E-state index is 12.1. The molecule has 0 unspecified atom stereocenters. The van der Waals surface area contributed by atoms with Crippen LogP contribution in [0.15, 0.2) is 23.1 Å². The number of nitrogens with zero attached hydrogens (tertiary/aromatic N) is 2. The number of ether oxygens (including phenoxy) is 1. The smallest absolute Gasteiger partial charge is 0.410 e. The van der Waals surface area contributed by atoms with Crippen molar-refractivity contribution in [3.05, 3.63) is 29.3 Å².